The van der Waals surface area contributed by atoms with Gasteiger partial charge in [-0.2, -0.15) is 0 Å². The lowest BCUT2D eigenvalue weighted by Gasteiger charge is -2.13. The van der Waals surface area contributed by atoms with E-state index in [2.05, 4.69) is 23.8 Å². The van der Waals surface area contributed by atoms with Gasteiger partial charge < -0.3 is 0 Å². The van der Waals surface area contributed by atoms with Gasteiger partial charge in [0.05, 0.1) is 12.2 Å². The minimum absolute atomic E-state index is 0.243. The molecule has 0 bridgehead atoms. The standard InChI is InChI=1S/C10H12N2S/c1-10(2)7-12-9(13-10)8-5-3-4-6-11-8/h3-6H,7H2,1-2H3. The molecule has 2 nitrogen and oxygen atoms in total. The lowest BCUT2D eigenvalue weighted by molar-refractivity contribution is 0.741. The number of aromatic nitrogens is 1. The van der Waals surface area contributed by atoms with E-state index >= 15 is 0 Å². The second-order valence-electron chi connectivity index (χ2n) is 3.70. The fourth-order valence-corrected chi connectivity index (χ4v) is 2.22. The number of nitrogens with zero attached hydrogens (tertiary/aromatic N) is 2. The van der Waals surface area contributed by atoms with Crippen molar-refractivity contribution >= 4 is 16.8 Å². The molecule has 0 fully saturated rings. The van der Waals surface area contributed by atoms with Gasteiger partial charge in [-0.05, 0) is 26.0 Å². The van der Waals surface area contributed by atoms with Crippen LogP contribution in [0.5, 0.6) is 0 Å². The Morgan fingerprint density at radius 3 is 2.77 bits per heavy atom. The summed E-state index contributed by atoms with van der Waals surface area (Å²) in [4.78, 5) is 8.75. The van der Waals surface area contributed by atoms with Crippen molar-refractivity contribution in [3.05, 3.63) is 30.1 Å². The molecular weight excluding hydrogens is 180 g/mol. The lowest BCUT2D eigenvalue weighted by Crippen LogP contribution is -2.14. The third-order valence-electron chi connectivity index (χ3n) is 1.86. The summed E-state index contributed by atoms with van der Waals surface area (Å²) in [5.41, 5.74) is 0.998. The molecule has 3 heteroatoms. The Kier molecular flexibility index (Phi) is 2.12. The maximum absolute atomic E-state index is 4.48. The highest BCUT2D eigenvalue weighted by molar-refractivity contribution is 8.15. The molecule has 1 aliphatic rings. The summed E-state index contributed by atoms with van der Waals surface area (Å²) in [7, 11) is 0. The molecule has 1 aliphatic heterocycles. The fraction of sp³-hybridized carbons (Fsp3) is 0.400. The van der Waals surface area contributed by atoms with Gasteiger partial charge >= 0.3 is 0 Å². The first-order valence-electron chi connectivity index (χ1n) is 4.32. The first-order chi connectivity index (χ1) is 6.17. The largest absolute Gasteiger partial charge is 0.275 e. The molecule has 68 valence electrons. The van der Waals surface area contributed by atoms with Crippen LogP contribution in [0, 0.1) is 0 Å². The zero-order chi connectivity index (χ0) is 9.31. The van der Waals surface area contributed by atoms with Gasteiger partial charge in [-0.3, -0.25) is 9.98 Å². The van der Waals surface area contributed by atoms with E-state index in [1.807, 2.05) is 36.2 Å². The molecule has 0 saturated heterocycles. The second-order valence-corrected chi connectivity index (χ2v) is 5.39. The Morgan fingerprint density at radius 1 is 1.38 bits per heavy atom. The normalized spacial score (nSPS) is 20.0. The topological polar surface area (TPSA) is 25.2 Å². The van der Waals surface area contributed by atoms with Crippen LogP contribution in [0.15, 0.2) is 29.4 Å². The van der Waals surface area contributed by atoms with Gasteiger partial charge in [-0.25, -0.2) is 0 Å². The highest BCUT2D eigenvalue weighted by Crippen LogP contribution is 2.33. The maximum atomic E-state index is 4.48. The molecule has 0 aromatic carbocycles. The average molecular weight is 192 g/mol. The lowest BCUT2D eigenvalue weighted by atomic mass is 10.2. The molecule has 2 heterocycles. The SMILES string of the molecule is CC1(C)CN=C(c2ccccn2)S1. The highest BCUT2D eigenvalue weighted by Gasteiger charge is 2.28. The van der Waals surface area contributed by atoms with Crippen LogP contribution in [0.3, 0.4) is 0 Å². The van der Waals surface area contributed by atoms with Gasteiger partial charge in [0.25, 0.3) is 0 Å². The van der Waals surface area contributed by atoms with Crippen molar-refractivity contribution < 1.29 is 0 Å². The smallest absolute Gasteiger partial charge is 0.117 e. The Balaban J connectivity index is 2.22. The Labute approximate surface area is 82.5 Å². The zero-order valence-corrected chi connectivity index (χ0v) is 8.64. The van der Waals surface area contributed by atoms with Crippen LogP contribution in [0.1, 0.15) is 19.5 Å². The second kappa shape index (κ2) is 3.14. The van der Waals surface area contributed by atoms with Crippen LogP contribution in [0.4, 0.5) is 0 Å². The molecule has 0 atom stereocenters. The van der Waals surface area contributed by atoms with Crippen LogP contribution in [0.25, 0.3) is 0 Å². The Hall–Kier alpha value is -0.830. The van der Waals surface area contributed by atoms with Crippen LogP contribution in [-0.4, -0.2) is 21.3 Å². The summed E-state index contributed by atoms with van der Waals surface area (Å²) in [5.74, 6) is 0. The van der Waals surface area contributed by atoms with E-state index in [-0.39, 0.29) is 4.75 Å². The van der Waals surface area contributed by atoms with E-state index in [4.69, 9.17) is 0 Å². The van der Waals surface area contributed by atoms with Crippen LogP contribution in [-0.2, 0) is 0 Å². The molecule has 0 aliphatic carbocycles. The molecule has 0 amide bonds. The van der Waals surface area contributed by atoms with Gasteiger partial charge in [0.2, 0.25) is 0 Å². The van der Waals surface area contributed by atoms with Gasteiger partial charge in [0, 0.05) is 10.9 Å². The monoisotopic (exact) mass is 192 g/mol. The van der Waals surface area contributed by atoms with E-state index in [9.17, 15) is 0 Å². The third-order valence-corrected chi connectivity index (χ3v) is 3.07. The Bertz CT molecular complexity index is 330. The number of pyridine rings is 1. The molecule has 1 aromatic rings. The number of aliphatic imine (C=N–C) groups is 1. The summed E-state index contributed by atoms with van der Waals surface area (Å²) in [6.07, 6.45) is 1.81. The predicted octanol–water partition coefficient (Wildman–Crippen LogP) is 2.35. The van der Waals surface area contributed by atoms with E-state index in [1.165, 1.54) is 0 Å². The summed E-state index contributed by atoms with van der Waals surface area (Å²) in [6.45, 7) is 5.30. The number of thioether (sulfide) groups is 1. The van der Waals surface area contributed by atoms with E-state index < -0.39 is 0 Å². The van der Waals surface area contributed by atoms with Crippen molar-refractivity contribution in [2.45, 2.75) is 18.6 Å². The quantitative estimate of drug-likeness (QED) is 0.682. The predicted molar refractivity (Wildman–Crippen MR) is 57.3 cm³/mol. The van der Waals surface area contributed by atoms with E-state index in [0.29, 0.717) is 0 Å². The van der Waals surface area contributed by atoms with Crippen molar-refractivity contribution in [3.63, 3.8) is 0 Å². The molecule has 0 spiro atoms. The molecule has 0 radical (unpaired) electrons. The number of hydrogen-bond acceptors (Lipinski definition) is 3. The summed E-state index contributed by atoms with van der Waals surface area (Å²) in [6, 6.07) is 5.93. The molecule has 13 heavy (non-hydrogen) atoms. The number of rotatable bonds is 1. The minimum Gasteiger partial charge on any atom is -0.275 e. The van der Waals surface area contributed by atoms with Crippen molar-refractivity contribution in [2.75, 3.05) is 6.54 Å². The average Bonchev–Trinajstić information content (AvgIpc) is 2.48. The van der Waals surface area contributed by atoms with Crippen molar-refractivity contribution in [1.29, 1.82) is 0 Å². The van der Waals surface area contributed by atoms with Gasteiger partial charge in [-0.1, -0.05) is 17.8 Å². The molecule has 1 aromatic heterocycles. The van der Waals surface area contributed by atoms with E-state index in [0.717, 1.165) is 17.3 Å². The summed E-state index contributed by atoms with van der Waals surface area (Å²) < 4.78 is 0.243. The Morgan fingerprint density at radius 2 is 2.23 bits per heavy atom. The first kappa shape index (κ1) is 8.75. The van der Waals surface area contributed by atoms with Crippen molar-refractivity contribution in [3.8, 4) is 0 Å². The summed E-state index contributed by atoms with van der Waals surface area (Å²) in [5, 5.41) is 1.07. The molecule has 2 rings (SSSR count). The minimum atomic E-state index is 0.243. The van der Waals surface area contributed by atoms with Gasteiger partial charge in [0.15, 0.2) is 0 Å². The highest BCUT2D eigenvalue weighted by atomic mass is 32.2. The molecule has 0 saturated carbocycles. The van der Waals surface area contributed by atoms with Crippen molar-refractivity contribution in [2.24, 2.45) is 4.99 Å². The van der Waals surface area contributed by atoms with E-state index in [1.54, 1.807) is 0 Å². The van der Waals surface area contributed by atoms with Gasteiger partial charge in [-0.15, -0.1) is 0 Å². The zero-order valence-electron chi connectivity index (χ0n) is 7.82. The van der Waals surface area contributed by atoms with Gasteiger partial charge in [0.1, 0.15) is 5.04 Å². The van der Waals surface area contributed by atoms with Crippen LogP contribution in [0.2, 0.25) is 0 Å². The maximum Gasteiger partial charge on any atom is 0.117 e. The van der Waals surface area contributed by atoms with Crippen molar-refractivity contribution in [1.82, 2.24) is 4.98 Å². The fourth-order valence-electron chi connectivity index (χ4n) is 1.21. The van der Waals surface area contributed by atoms with Crippen LogP contribution >= 0.6 is 11.8 Å². The summed E-state index contributed by atoms with van der Waals surface area (Å²) >= 11 is 1.81. The van der Waals surface area contributed by atoms with Crippen LogP contribution < -0.4 is 0 Å². The third kappa shape index (κ3) is 1.91. The molecule has 0 unspecified atom stereocenters. The number of hydrogen-bond donors (Lipinski definition) is 0. The first-order valence-corrected chi connectivity index (χ1v) is 5.14. The molecular formula is C10H12N2S. The molecule has 0 N–H and O–H groups in total.